The Morgan fingerprint density at radius 3 is 2.81 bits per heavy atom. The third-order valence-electron chi connectivity index (χ3n) is 4.01. The van der Waals surface area contributed by atoms with Crippen LogP contribution in [-0.2, 0) is 0 Å². The topological polar surface area (TPSA) is 91.1 Å². The molecule has 0 amide bonds. The van der Waals surface area contributed by atoms with Crippen LogP contribution in [0.3, 0.4) is 0 Å². The van der Waals surface area contributed by atoms with Gasteiger partial charge in [-0.15, -0.1) is 0 Å². The van der Waals surface area contributed by atoms with Crippen molar-refractivity contribution in [3.8, 4) is 6.07 Å². The molecule has 8 heteroatoms. The SMILES string of the molecule is C=C/C(=C(N)\C=C\NCC1C=CC(C#N)=CC1)N(N)CCCC(F)(F)CF. The summed E-state index contributed by atoms with van der Waals surface area (Å²) in [6, 6.07) is 2.09. The highest BCUT2D eigenvalue weighted by Crippen LogP contribution is 2.21. The molecular weight excluding hydrogens is 355 g/mol. The van der Waals surface area contributed by atoms with Crippen molar-refractivity contribution in [2.45, 2.75) is 25.2 Å². The van der Waals surface area contributed by atoms with Gasteiger partial charge < -0.3 is 16.1 Å². The fourth-order valence-corrected chi connectivity index (χ4v) is 2.45. The van der Waals surface area contributed by atoms with Crippen LogP contribution in [0.2, 0.25) is 0 Å². The van der Waals surface area contributed by atoms with Crippen LogP contribution in [0.5, 0.6) is 0 Å². The van der Waals surface area contributed by atoms with Crippen LogP contribution in [0.4, 0.5) is 13.2 Å². The van der Waals surface area contributed by atoms with Gasteiger partial charge in [0.15, 0.2) is 6.67 Å². The van der Waals surface area contributed by atoms with Gasteiger partial charge in [-0.05, 0) is 43.2 Å². The molecule has 0 aromatic rings. The number of alkyl halides is 3. The minimum Gasteiger partial charge on any atom is -0.397 e. The summed E-state index contributed by atoms with van der Waals surface area (Å²) in [6.07, 6.45) is 10.6. The zero-order valence-electron chi connectivity index (χ0n) is 15.2. The number of allylic oxidation sites excluding steroid dienone is 5. The summed E-state index contributed by atoms with van der Waals surface area (Å²) in [5, 5.41) is 13.1. The molecule has 0 saturated heterocycles. The van der Waals surface area contributed by atoms with Gasteiger partial charge >= 0.3 is 0 Å². The summed E-state index contributed by atoms with van der Waals surface area (Å²) in [4.78, 5) is 0. The van der Waals surface area contributed by atoms with E-state index in [2.05, 4.69) is 18.0 Å². The van der Waals surface area contributed by atoms with Gasteiger partial charge in [0.2, 0.25) is 0 Å². The Kier molecular flexibility index (Phi) is 9.23. The van der Waals surface area contributed by atoms with Gasteiger partial charge in [0, 0.05) is 25.1 Å². The lowest BCUT2D eigenvalue weighted by Gasteiger charge is -2.22. The Morgan fingerprint density at radius 1 is 1.52 bits per heavy atom. The molecule has 0 fully saturated rings. The molecule has 1 aliphatic carbocycles. The van der Waals surface area contributed by atoms with Crippen molar-refractivity contribution in [1.82, 2.24) is 10.3 Å². The molecule has 0 bridgehead atoms. The Balaban J connectivity index is 2.48. The van der Waals surface area contributed by atoms with E-state index >= 15 is 0 Å². The van der Waals surface area contributed by atoms with E-state index in [1.165, 1.54) is 11.1 Å². The van der Waals surface area contributed by atoms with E-state index < -0.39 is 19.0 Å². The van der Waals surface area contributed by atoms with Crippen LogP contribution in [0, 0.1) is 17.2 Å². The van der Waals surface area contributed by atoms with Crippen LogP contribution in [0.15, 0.2) is 60.1 Å². The lowest BCUT2D eigenvalue weighted by molar-refractivity contribution is -0.0327. The van der Waals surface area contributed by atoms with E-state index in [9.17, 15) is 13.2 Å². The maximum absolute atomic E-state index is 12.9. The van der Waals surface area contributed by atoms with Gasteiger partial charge in [-0.2, -0.15) is 5.26 Å². The second kappa shape index (κ2) is 11.1. The average molecular weight is 381 g/mol. The number of hydrogen-bond donors (Lipinski definition) is 3. The van der Waals surface area contributed by atoms with Crippen LogP contribution < -0.4 is 16.9 Å². The molecular formula is C19H26F3N5. The highest BCUT2D eigenvalue weighted by Gasteiger charge is 2.28. The Morgan fingerprint density at radius 2 is 2.26 bits per heavy atom. The Bertz CT molecular complexity index is 659. The van der Waals surface area contributed by atoms with Gasteiger partial charge in [0.05, 0.1) is 17.5 Å². The minimum absolute atomic E-state index is 0.0201. The van der Waals surface area contributed by atoms with E-state index in [-0.39, 0.29) is 18.9 Å². The average Bonchev–Trinajstić information content (AvgIpc) is 2.66. The normalized spacial score (nSPS) is 17.9. The van der Waals surface area contributed by atoms with Crippen molar-refractivity contribution in [2.75, 3.05) is 19.8 Å². The van der Waals surface area contributed by atoms with Gasteiger partial charge in [-0.3, -0.25) is 0 Å². The number of nitrogens with two attached hydrogens (primary N) is 2. The summed E-state index contributed by atoms with van der Waals surface area (Å²) in [6.45, 7) is 2.72. The summed E-state index contributed by atoms with van der Waals surface area (Å²) < 4.78 is 37.9. The summed E-state index contributed by atoms with van der Waals surface area (Å²) >= 11 is 0. The van der Waals surface area contributed by atoms with Gasteiger partial charge in [-0.25, -0.2) is 19.0 Å². The molecule has 5 N–H and O–H groups in total. The van der Waals surface area contributed by atoms with E-state index in [0.717, 1.165) is 6.42 Å². The molecule has 0 heterocycles. The first-order valence-corrected chi connectivity index (χ1v) is 8.59. The standard InChI is InChI=1S/C19H26F3N5/c1-2-18(27(25)11-3-9-19(21,22)14-20)17(24)8-10-26-13-16-6-4-15(12-23)5-7-16/h2,4-6,8,10,16,26H,1,3,7,9,11,13-14,24-25H2/b10-8+,18-17-. The number of hydrazine groups is 1. The Labute approximate surface area is 158 Å². The maximum atomic E-state index is 12.9. The predicted molar refractivity (Wildman–Crippen MR) is 101 cm³/mol. The van der Waals surface area contributed by atoms with Crippen LogP contribution in [-0.4, -0.2) is 30.7 Å². The summed E-state index contributed by atoms with van der Waals surface area (Å²) in [5.41, 5.74) is 7.35. The molecule has 0 saturated carbocycles. The fraction of sp³-hybridized carbons (Fsp3) is 0.421. The molecule has 0 radical (unpaired) electrons. The number of nitrogens with one attached hydrogen (secondary N) is 1. The molecule has 0 aromatic carbocycles. The molecule has 0 aromatic heterocycles. The lowest BCUT2D eigenvalue weighted by Crippen LogP contribution is -2.33. The van der Waals surface area contributed by atoms with Crippen molar-refractivity contribution in [2.24, 2.45) is 17.5 Å². The maximum Gasteiger partial charge on any atom is 0.276 e. The van der Waals surface area contributed by atoms with Crippen molar-refractivity contribution in [3.63, 3.8) is 0 Å². The third-order valence-corrected chi connectivity index (χ3v) is 4.01. The van der Waals surface area contributed by atoms with E-state index in [0.29, 0.717) is 23.5 Å². The summed E-state index contributed by atoms with van der Waals surface area (Å²) in [7, 11) is 0. The second-order valence-electron chi connectivity index (χ2n) is 6.20. The van der Waals surface area contributed by atoms with E-state index in [1.807, 2.05) is 12.2 Å². The van der Waals surface area contributed by atoms with Crippen LogP contribution in [0.1, 0.15) is 19.3 Å². The summed E-state index contributed by atoms with van der Waals surface area (Å²) in [5.74, 6) is 2.79. The second-order valence-corrected chi connectivity index (χ2v) is 6.20. The molecule has 0 spiro atoms. The van der Waals surface area contributed by atoms with Crippen molar-refractivity contribution in [1.29, 1.82) is 5.26 Å². The van der Waals surface area contributed by atoms with Gasteiger partial charge in [0.1, 0.15) is 0 Å². The predicted octanol–water partition coefficient (Wildman–Crippen LogP) is 3.03. The minimum atomic E-state index is -3.33. The molecule has 0 aliphatic heterocycles. The highest BCUT2D eigenvalue weighted by molar-refractivity contribution is 5.35. The van der Waals surface area contributed by atoms with Gasteiger partial charge in [-0.1, -0.05) is 18.7 Å². The van der Waals surface area contributed by atoms with Crippen LogP contribution in [0.25, 0.3) is 0 Å². The number of nitriles is 1. The molecule has 1 atom stereocenters. The first kappa shape index (κ1) is 22.4. The number of nitrogens with zero attached hydrogens (tertiary/aromatic N) is 2. The molecule has 1 rings (SSSR count). The highest BCUT2D eigenvalue weighted by atomic mass is 19.3. The quantitative estimate of drug-likeness (QED) is 0.291. The number of rotatable bonds is 11. The van der Waals surface area contributed by atoms with Crippen molar-refractivity contribution in [3.05, 3.63) is 60.1 Å². The monoisotopic (exact) mass is 381 g/mol. The largest absolute Gasteiger partial charge is 0.397 e. The van der Waals surface area contributed by atoms with Gasteiger partial charge in [0.25, 0.3) is 5.92 Å². The van der Waals surface area contributed by atoms with Crippen molar-refractivity contribution < 1.29 is 13.2 Å². The van der Waals surface area contributed by atoms with E-state index in [1.54, 1.807) is 18.4 Å². The molecule has 148 valence electrons. The zero-order valence-corrected chi connectivity index (χ0v) is 15.2. The fourth-order valence-electron chi connectivity index (χ4n) is 2.45. The van der Waals surface area contributed by atoms with E-state index in [4.69, 9.17) is 16.8 Å². The molecule has 1 aliphatic rings. The van der Waals surface area contributed by atoms with Crippen molar-refractivity contribution >= 4 is 0 Å². The first-order valence-electron chi connectivity index (χ1n) is 8.59. The number of halogens is 3. The molecule has 1 unspecified atom stereocenters. The zero-order chi connectivity index (χ0) is 20.3. The first-order chi connectivity index (χ1) is 12.8. The number of hydrogen-bond acceptors (Lipinski definition) is 5. The third kappa shape index (κ3) is 8.05. The Hall–Kier alpha value is -2.66. The smallest absolute Gasteiger partial charge is 0.276 e. The lowest BCUT2D eigenvalue weighted by atomic mass is 9.97. The molecule has 27 heavy (non-hydrogen) atoms. The molecule has 5 nitrogen and oxygen atoms in total. The van der Waals surface area contributed by atoms with Crippen LogP contribution >= 0.6 is 0 Å².